The second kappa shape index (κ2) is 8.64. The van der Waals surface area contributed by atoms with Gasteiger partial charge < -0.3 is 14.8 Å². The zero-order valence-corrected chi connectivity index (χ0v) is 15.3. The highest BCUT2D eigenvalue weighted by molar-refractivity contribution is 8.00. The van der Waals surface area contributed by atoms with Crippen molar-refractivity contribution in [3.63, 3.8) is 0 Å². The Kier molecular flexibility index (Phi) is 6.55. The molecule has 0 saturated heterocycles. The molecule has 2 rings (SSSR count). The van der Waals surface area contributed by atoms with E-state index in [0.29, 0.717) is 18.0 Å². The summed E-state index contributed by atoms with van der Waals surface area (Å²) in [6.07, 6.45) is 0. The number of ether oxygens (including phenoxy) is 2. The van der Waals surface area contributed by atoms with Crippen LogP contribution in [0.25, 0.3) is 0 Å². The number of benzene rings is 2. The van der Waals surface area contributed by atoms with E-state index in [2.05, 4.69) is 18.3 Å². The van der Waals surface area contributed by atoms with Gasteiger partial charge in [-0.1, -0.05) is 24.3 Å². The Morgan fingerprint density at radius 2 is 1.83 bits per heavy atom. The van der Waals surface area contributed by atoms with Crippen molar-refractivity contribution in [3.8, 4) is 11.5 Å². The minimum absolute atomic E-state index is 0.0121. The number of carbonyl (C=O) groups excluding carboxylic acids is 1. The van der Waals surface area contributed by atoms with Gasteiger partial charge in [0.15, 0.2) is 11.5 Å². The van der Waals surface area contributed by atoms with Crippen molar-refractivity contribution in [2.75, 3.05) is 14.2 Å². The number of nitrogens with one attached hydrogen (secondary N) is 1. The van der Waals surface area contributed by atoms with Crippen LogP contribution in [-0.2, 0) is 11.3 Å². The van der Waals surface area contributed by atoms with Crippen LogP contribution >= 0.6 is 11.8 Å². The molecule has 2 aromatic rings. The smallest absolute Gasteiger partial charge is 0.233 e. The van der Waals surface area contributed by atoms with Crippen molar-refractivity contribution >= 4 is 17.7 Å². The fourth-order valence-electron chi connectivity index (χ4n) is 2.26. The van der Waals surface area contributed by atoms with E-state index in [1.165, 1.54) is 5.56 Å². The van der Waals surface area contributed by atoms with E-state index in [1.807, 2.05) is 43.3 Å². The topological polar surface area (TPSA) is 47.6 Å². The first-order valence-corrected chi connectivity index (χ1v) is 8.64. The van der Waals surface area contributed by atoms with E-state index >= 15 is 0 Å². The van der Waals surface area contributed by atoms with Gasteiger partial charge in [-0.15, -0.1) is 11.8 Å². The van der Waals surface area contributed by atoms with Gasteiger partial charge in [0.2, 0.25) is 5.91 Å². The highest BCUT2D eigenvalue weighted by Gasteiger charge is 2.15. The highest BCUT2D eigenvalue weighted by atomic mass is 32.2. The molecule has 0 aromatic heterocycles. The number of hydrogen-bond donors (Lipinski definition) is 1. The third kappa shape index (κ3) is 4.68. The lowest BCUT2D eigenvalue weighted by Crippen LogP contribution is -2.30. The fraction of sp³-hybridized carbons (Fsp3) is 0.316. The van der Waals surface area contributed by atoms with Gasteiger partial charge in [-0.2, -0.15) is 0 Å². The van der Waals surface area contributed by atoms with Crippen LogP contribution in [0.1, 0.15) is 18.1 Å². The summed E-state index contributed by atoms with van der Waals surface area (Å²) >= 11 is 1.57. The van der Waals surface area contributed by atoms with Crippen LogP contribution in [0.5, 0.6) is 11.5 Å². The average molecular weight is 345 g/mol. The molecular formula is C19H23NO3S. The van der Waals surface area contributed by atoms with Crippen LogP contribution in [0.4, 0.5) is 0 Å². The van der Waals surface area contributed by atoms with Crippen LogP contribution in [0.2, 0.25) is 0 Å². The minimum Gasteiger partial charge on any atom is -0.493 e. The maximum absolute atomic E-state index is 12.3. The zero-order chi connectivity index (χ0) is 17.5. The zero-order valence-electron chi connectivity index (χ0n) is 14.5. The van der Waals surface area contributed by atoms with Gasteiger partial charge in [0.05, 0.1) is 19.5 Å². The number of carbonyl (C=O) groups is 1. The lowest BCUT2D eigenvalue weighted by molar-refractivity contribution is -0.120. The summed E-state index contributed by atoms with van der Waals surface area (Å²) in [6, 6.07) is 13.7. The molecule has 0 aliphatic heterocycles. The molecule has 0 aliphatic rings. The molecule has 0 spiro atoms. The maximum Gasteiger partial charge on any atom is 0.233 e. The molecule has 0 saturated carbocycles. The normalized spacial score (nSPS) is 11.7. The van der Waals surface area contributed by atoms with Crippen LogP contribution in [-0.4, -0.2) is 25.4 Å². The molecule has 24 heavy (non-hydrogen) atoms. The number of thioether (sulfide) groups is 1. The van der Waals surface area contributed by atoms with Gasteiger partial charge in [-0.3, -0.25) is 4.79 Å². The highest BCUT2D eigenvalue weighted by Crippen LogP contribution is 2.28. The molecule has 0 bridgehead atoms. The van der Waals surface area contributed by atoms with Crippen molar-refractivity contribution in [1.82, 2.24) is 5.32 Å². The summed E-state index contributed by atoms with van der Waals surface area (Å²) in [5.74, 6) is 1.35. The van der Waals surface area contributed by atoms with E-state index in [-0.39, 0.29) is 11.2 Å². The predicted molar refractivity (Wildman–Crippen MR) is 97.9 cm³/mol. The lowest BCUT2D eigenvalue weighted by Gasteiger charge is -2.14. The van der Waals surface area contributed by atoms with Crippen molar-refractivity contribution in [2.24, 2.45) is 0 Å². The maximum atomic E-state index is 12.3. The summed E-state index contributed by atoms with van der Waals surface area (Å²) in [4.78, 5) is 13.5. The molecule has 128 valence electrons. The molecule has 1 unspecified atom stereocenters. The molecule has 5 heteroatoms. The largest absolute Gasteiger partial charge is 0.493 e. The molecule has 0 radical (unpaired) electrons. The Labute approximate surface area is 147 Å². The van der Waals surface area contributed by atoms with Gasteiger partial charge in [0.25, 0.3) is 0 Å². The number of methoxy groups -OCH3 is 2. The molecule has 4 nitrogen and oxygen atoms in total. The predicted octanol–water partition coefficient (Wildman–Crippen LogP) is 3.81. The van der Waals surface area contributed by atoms with Gasteiger partial charge >= 0.3 is 0 Å². The van der Waals surface area contributed by atoms with Gasteiger partial charge in [0, 0.05) is 11.4 Å². The first kappa shape index (κ1) is 18.2. The molecule has 1 amide bonds. The van der Waals surface area contributed by atoms with Crippen LogP contribution in [0, 0.1) is 6.92 Å². The first-order valence-electron chi connectivity index (χ1n) is 7.76. The lowest BCUT2D eigenvalue weighted by atomic mass is 10.2. The van der Waals surface area contributed by atoms with Crippen LogP contribution < -0.4 is 14.8 Å². The van der Waals surface area contributed by atoms with Gasteiger partial charge in [-0.05, 0) is 43.2 Å². The SMILES string of the molecule is COc1ccc(CNC(=O)C(C)Sc2ccccc2C)cc1OC. The van der Waals surface area contributed by atoms with Gasteiger partial charge in [-0.25, -0.2) is 0 Å². The third-order valence-electron chi connectivity index (χ3n) is 3.68. The van der Waals surface area contributed by atoms with E-state index in [1.54, 1.807) is 26.0 Å². The number of rotatable bonds is 7. The molecule has 0 fully saturated rings. The van der Waals surface area contributed by atoms with E-state index in [4.69, 9.17) is 9.47 Å². The van der Waals surface area contributed by atoms with Crippen molar-refractivity contribution in [3.05, 3.63) is 53.6 Å². The van der Waals surface area contributed by atoms with Crippen molar-refractivity contribution in [2.45, 2.75) is 30.5 Å². The monoisotopic (exact) mass is 345 g/mol. The van der Waals surface area contributed by atoms with E-state index in [0.717, 1.165) is 10.5 Å². The first-order chi connectivity index (χ1) is 11.5. The average Bonchev–Trinajstić information content (AvgIpc) is 2.61. The molecule has 0 aliphatic carbocycles. The van der Waals surface area contributed by atoms with Crippen LogP contribution in [0.3, 0.4) is 0 Å². The molecule has 0 heterocycles. The van der Waals surface area contributed by atoms with Crippen molar-refractivity contribution in [1.29, 1.82) is 0 Å². The molecule has 1 atom stereocenters. The van der Waals surface area contributed by atoms with Gasteiger partial charge in [0.1, 0.15) is 0 Å². The second-order valence-corrected chi connectivity index (χ2v) is 6.82. The van der Waals surface area contributed by atoms with E-state index < -0.39 is 0 Å². The summed E-state index contributed by atoms with van der Waals surface area (Å²) in [5, 5.41) is 2.81. The molecular weight excluding hydrogens is 322 g/mol. The summed E-state index contributed by atoms with van der Waals surface area (Å²) < 4.78 is 10.5. The minimum atomic E-state index is -0.161. The van der Waals surface area contributed by atoms with Crippen molar-refractivity contribution < 1.29 is 14.3 Å². The Bertz CT molecular complexity index is 703. The summed E-state index contributed by atoms with van der Waals surface area (Å²) in [5.41, 5.74) is 2.15. The van der Waals surface area contributed by atoms with Crippen LogP contribution in [0.15, 0.2) is 47.4 Å². The number of aryl methyl sites for hydroxylation is 1. The summed E-state index contributed by atoms with van der Waals surface area (Å²) in [7, 11) is 3.20. The molecule has 1 N–H and O–H groups in total. The third-order valence-corrected chi connectivity index (χ3v) is 4.96. The Morgan fingerprint density at radius 1 is 1.12 bits per heavy atom. The molecule has 2 aromatic carbocycles. The summed E-state index contributed by atoms with van der Waals surface area (Å²) in [6.45, 7) is 4.43. The standard InChI is InChI=1S/C19H23NO3S/c1-13-7-5-6-8-18(13)24-14(2)19(21)20-12-15-9-10-16(22-3)17(11-15)23-4/h5-11,14H,12H2,1-4H3,(H,20,21). The Balaban J connectivity index is 1.94. The second-order valence-electron chi connectivity index (χ2n) is 5.43. The Hall–Kier alpha value is -2.14. The Morgan fingerprint density at radius 3 is 2.50 bits per heavy atom. The number of amides is 1. The number of hydrogen-bond acceptors (Lipinski definition) is 4. The fourth-order valence-corrected chi connectivity index (χ4v) is 3.24. The van der Waals surface area contributed by atoms with E-state index in [9.17, 15) is 4.79 Å². The quantitative estimate of drug-likeness (QED) is 0.775.